The highest BCUT2D eigenvalue weighted by Crippen LogP contribution is 2.39. The Bertz CT molecular complexity index is 92.0. The highest BCUT2D eigenvalue weighted by Gasteiger charge is 2.10. The first-order valence-corrected chi connectivity index (χ1v) is 7.42. The van der Waals surface area contributed by atoms with Gasteiger partial charge in [-0.2, -0.15) is 12.6 Å². The predicted octanol–water partition coefficient (Wildman–Crippen LogP) is 3.71. The lowest BCUT2D eigenvalue weighted by molar-refractivity contribution is 0.718. The van der Waals surface area contributed by atoms with Gasteiger partial charge in [-0.05, 0) is 36.1 Å². The van der Waals surface area contributed by atoms with E-state index in [2.05, 4.69) is 40.3 Å². The van der Waals surface area contributed by atoms with Crippen molar-refractivity contribution >= 4 is 20.6 Å². The zero-order valence-electron chi connectivity index (χ0n) is 8.88. The van der Waals surface area contributed by atoms with Gasteiger partial charge in [0.15, 0.2) is 0 Å². The maximum Gasteiger partial charge on any atom is -0.00585 e. The van der Waals surface area contributed by atoms with Gasteiger partial charge in [0.25, 0.3) is 0 Å². The monoisotopic (exact) mass is 206 g/mol. The van der Waals surface area contributed by atoms with Crippen molar-refractivity contribution in [2.75, 3.05) is 24.2 Å². The molecule has 0 saturated carbocycles. The summed E-state index contributed by atoms with van der Waals surface area (Å²) in [5, 5.41) is 0. The Morgan fingerprint density at radius 3 is 1.67 bits per heavy atom. The first-order valence-electron chi connectivity index (χ1n) is 4.89. The van der Waals surface area contributed by atoms with Gasteiger partial charge < -0.3 is 0 Å². The molecule has 0 atom stereocenters. The van der Waals surface area contributed by atoms with E-state index in [4.69, 9.17) is 0 Å². The van der Waals surface area contributed by atoms with Crippen LogP contribution in [0.4, 0.5) is 0 Å². The van der Waals surface area contributed by atoms with Crippen molar-refractivity contribution in [2.24, 2.45) is 11.8 Å². The number of hydrogen-bond donors (Lipinski definition) is 1. The molecule has 0 bridgehead atoms. The third-order valence-corrected chi connectivity index (χ3v) is 5.59. The topological polar surface area (TPSA) is 0 Å². The van der Waals surface area contributed by atoms with Crippen LogP contribution in [-0.4, -0.2) is 24.2 Å². The van der Waals surface area contributed by atoms with Gasteiger partial charge in [0.1, 0.15) is 0 Å². The summed E-state index contributed by atoms with van der Waals surface area (Å²) in [5.41, 5.74) is 0. The molecule has 2 heteroatoms. The summed E-state index contributed by atoms with van der Waals surface area (Å²) in [6, 6.07) is 0. The third kappa shape index (κ3) is 7.43. The van der Waals surface area contributed by atoms with Gasteiger partial charge in [0, 0.05) is 0 Å². The average Bonchev–Trinajstić information content (AvgIpc) is 1.84. The summed E-state index contributed by atoms with van der Waals surface area (Å²) in [5.74, 6) is 2.81. The minimum atomic E-state index is 0.284. The maximum absolute atomic E-state index is 4.32. The van der Waals surface area contributed by atoms with Crippen molar-refractivity contribution in [1.82, 2.24) is 0 Å². The lowest BCUT2D eigenvalue weighted by atomic mass is 10.3. The Kier molecular flexibility index (Phi) is 7.68. The van der Waals surface area contributed by atoms with Crippen molar-refractivity contribution in [1.29, 1.82) is 0 Å². The first-order chi connectivity index (χ1) is 5.56. The largest absolute Gasteiger partial charge is 0.179 e. The van der Waals surface area contributed by atoms with Gasteiger partial charge in [-0.25, -0.2) is 0 Å². The van der Waals surface area contributed by atoms with Crippen molar-refractivity contribution in [3.8, 4) is 0 Å². The summed E-state index contributed by atoms with van der Waals surface area (Å²) >= 11 is 4.32. The molecule has 12 heavy (non-hydrogen) atoms. The Morgan fingerprint density at radius 1 is 1.00 bits per heavy atom. The lowest BCUT2D eigenvalue weighted by Gasteiger charge is -2.20. The molecule has 0 heterocycles. The lowest BCUT2D eigenvalue weighted by Crippen LogP contribution is -2.05. The zero-order valence-corrected chi connectivity index (χ0v) is 10.7. The van der Waals surface area contributed by atoms with Crippen molar-refractivity contribution in [3.05, 3.63) is 0 Å². The van der Waals surface area contributed by atoms with Crippen LogP contribution in [0.15, 0.2) is 0 Å². The van der Waals surface area contributed by atoms with E-state index < -0.39 is 0 Å². The van der Waals surface area contributed by atoms with Gasteiger partial charge in [0.2, 0.25) is 0 Å². The fourth-order valence-electron chi connectivity index (χ4n) is 1.43. The third-order valence-electron chi connectivity index (χ3n) is 1.66. The first kappa shape index (κ1) is 12.8. The molecule has 0 radical (unpaired) electrons. The molecule has 0 aliphatic rings. The smallest absolute Gasteiger partial charge is 0.00585 e. The summed E-state index contributed by atoms with van der Waals surface area (Å²) in [6.07, 6.45) is 4.23. The molecule has 0 nitrogen and oxygen atoms in total. The Morgan fingerprint density at radius 2 is 1.42 bits per heavy atom. The van der Waals surface area contributed by atoms with Crippen LogP contribution in [0.2, 0.25) is 0 Å². The molecule has 0 amide bonds. The van der Waals surface area contributed by atoms with Crippen LogP contribution in [0.3, 0.4) is 0 Å². The quantitative estimate of drug-likeness (QED) is 0.497. The van der Waals surface area contributed by atoms with Crippen LogP contribution >= 0.6 is 20.6 Å². The van der Waals surface area contributed by atoms with Crippen LogP contribution in [0.1, 0.15) is 27.7 Å². The van der Waals surface area contributed by atoms with Crippen molar-refractivity contribution in [3.63, 3.8) is 0 Å². The van der Waals surface area contributed by atoms with Crippen molar-refractivity contribution < 1.29 is 0 Å². The molecule has 74 valence electrons. The molecule has 0 saturated heterocycles. The van der Waals surface area contributed by atoms with E-state index >= 15 is 0 Å². The molecule has 0 aliphatic carbocycles. The van der Waals surface area contributed by atoms with E-state index in [1.165, 1.54) is 18.5 Å². The molecule has 0 fully saturated rings. The highest BCUT2D eigenvalue weighted by molar-refractivity contribution is 7.80. The van der Waals surface area contributed by atoms with E-state index in [-0.39, 0.29) is 7.92 Å². The van der Waals surface area contributed by atoms with E-state index in [9.17, 15) is 0 Å². The maximum atomic E-state index is 4.32. The molecular weight excluding hydrogens is 183 g/mol. The molecule has 0 spiro atoms. The normalized spacial score (nSPS) is 12.0. The molecule has 0 unspecified atom stereocenters. The zero-order chi connectivity index (χ0) is 9.56. The number of hydrogen-bond acceptors (Lipinski definition) is 1. The van der Waals surface area contributed by atoms with Crippen LogP contribution < -0.4 is 0 Å². The summed E-state index contributed by atoms with van der Waals surface area (Å²) in [7, 11) is 0.284. The summed E-state index contributed by atoms with van der Waals surface area (Å²) in [4.78, 5) is 0. The van der Waals surface area contributed by atoms with E-state index in [1.807, 2.05) is 0 Å². The Labute approximate surface area is 84.7 Å². The SMILES string of the molecule is CC(C)CP(CCS)CC(C)C. The van der Waals surface area contributed by atoms with Gasteiger partial charge >= 0.3 is 0 Å². The molecule has 0 aliphatic heterocycles. The number of rotatable bonds is 6. The van der Waals surface area contributed by atoms with Crippen LogP contribution in [-0.2, 0) is 0 Å². The van der Waals surface area contributed by atoms with Crippen molar-refractivity contribution in [2.45, 2.75) is 27.7 Å². The molecule has 0 rings (SSSR count). The summed E-state index contributed by atoms with van der Waals surface area (Å²) in [6.45, 7) is 9.31. The second-order valence-electron chi connectivity index (χ2n) is 4.27. The molecule has 0 N–H and O–H groups in total. The second-order valence-corrected chi connectivity index (χ2v) is 7.24. The minimum Gasteiger partial charge on any atom is -0.179 e. The Balaban J connectivity index is 3.69. The molecule has 0 aromatic carbocycles. The predicted molar refractivity (Wildman–Crippen MR) is 65.1 cm³/mol. The fraction of sp³-hybridized carbons (Fsp3) is 1.00. The van der Waals surface area contributed by atoms with Crippen LogP contribution in [0.5, 0.6) is 0 Å². The number of thiol groups is 1. The standard InChI is InChI=1S/C10H23PS/c1-9(2)7-11(5-6-12)8-10(3)4/h9-10,12H,5-8H2,1-4H3. The van der Waals surface area contributed by atoms with Gasteiger partial charge in [-0.1, -0.05) is 27.7 Å². The van der Waals surface area contributed by atoms with Gasteiger partial charge in [-0.15, -0.1) is 7.92 Å². The van der Waals surface area contributed by atoms with Crippen LogP contribution in [0, 0.1) is 11.8 Å². The molecule has 0 aromatic heterocycles. The summed E-state index contributed by atoms with van der Waals surface area (Å²) < 4.78 is 0. The Hall–Kier alpha value is 0.780. The molecular formula is C10H23PS. The highest BCUT2D eigenvalue weighted by atomic mass is 32.1. The second kappa shape index (κ2) is 7.21. The molecule has 0 aromatic rings. The minimum absolute atomic E-state index is 0.284. The van der Waals surface area contributed by atoms with E-state index in [0.29, 0.717) is 0 Å². The van der Waals surface area contributed by atoms with Gasteiger partial charge in [-0.3, -0.25) is 0 Å². The van der Waals surface area contributed by atoms with Crippen LogP contribution in [0.25, 0.3) is 0 Å². The fourth-order valence-corrected chi connectivity index (χ4v) is 5.14. The van der Waals surface area contributed by atoms with Gasteiger partial charge in [0.05, 0.1) is 0 Å². The van der Waals surface area contributed by atoms with E-state index in [1.54, 1.807) is 0 Å². The van der Waals surface area contributed by atoms with E-state index in [0.717, 1.165) is 17.6 Å². The average molecular weight is 206 g/mol.